The van der Waals surface area contributed by atoms with Crippen molar-refractivity contribution in [3.63, 3.8) is 0 Å². The van der Waals surface area contributed by atoms with Gasteiger partial charge in [0, 0.05) is 5.02 Å². The molecular weight excluding hydrogens is 350 g/mol. The lowest BCUT2D eigenvalue weighted by atomic mass is 10.1. The van der Waals surface area contributed by atoms with Gasteiger partial charge in [-0.05, 0) is 81.1 Å². The van der Waals surface area contributed by atoms with E-state index in [9.17, 15) is 4.79 Å². The fourth-order valence-corrected chi connectivity index (χ4v) is 2.84. The summed E-state index contributed by atoms with van der Waals surface area (Å²) in [5.41, 5.74) is 4.16. The molecule has 0 aliphatic rings. The van der Waals surface area contributed by atoms with E-state index in [1.165, 1.54) is 0 Å². The second-order valence-corrected chi connectivity index (χ2v) is 6.97. The van der Waals surface area contributed by atoms with Gasteiger partial charge in [0.15, 0.2) is 6.10 Å². The van der Waals surface area contributed by atoms with Crippen LogP contribution in [-0.4, -0.2) is 25.2 Å². The predicted molar refractivity (Wildman–Crippen MR) is 105 cm³/mol. The van der Waals surface area contributed by atoms with Crippen LogP contribution in [-0.2, 0) is 4.79 Å². The lowest BCUT2D eigenvalue weighted by Gasteiger charge is -2.16. The topological polar surface area (TPSA) is 47.6 Å². The Labute approximate surface area is 160 Å². The molecule has 5 heteroatoms. The summed E-state index contributed by atoms with van der Waals surface area (Å²) in [4.78, 5) is 12.2. The zero-order valence-corrected chi connectivity index (χ0v) is 16.7. The minimum absolute atomic E-state index is 0.181. The molecule has 1 amide bonds. The Bertz CT molecular complexity index is 746. The van der Waals surface area contributed by atoms with Crippen molar-refractivity contribution >= 4 is 17.5 Å². The Balaban J connectivity index is 1.80. The minimum atomic E-state index is -0.601. The molecule has 0 aliphatic carbocycles. The molecule has 0 saturated carbocycles. The van der Waals surface area contributed by atoms with Gasteiger partial charge in [-0.25, -0.2) is 0 Å². The summed E-state index contributed by atoms with van der Waals surface area (Å²) >= 11 is 6.15. The van der Waals surface area contributed by atoms with E-state index in [2.05, 4.69) is 11.4 Å². The van der Waals surface area contributed by atoms with E-state index in [0.29, 0.717) is 18.9 Å². The van der Waals surface area contributed by atoms with Crippen LogP contribution in [0.1, 0.15) is 29.2 Å². The van der Waals surface area contributed by atoms with E-state index in [-0.39, 0.29) is 5.91 Å². The molecule has 0 saturated heterocycles. The number of amides is 1. The summed E-state index contributed by atoms with van der Waals surface area (Å²) in [6.45, 7) is 10.4. The van der Waals surface area contributed by atoms with Crippen molar-refractivity contribution in [2.24, 2.45) is 0 Å². The quantitative estimate of drug-likeness (QED) is 0.723. The van der Waals surface area contributed by atoms with E-state index in [1.54, 1.807) is 6.92 Å². The molecule has 0 aromatic heterocycles. The Kier molecular flexibility index (Phi) is 6.92. The maximum absolute atomic E-state index is 12.2. The summed E-state index contributed by atoms with van der Waals surface area (Å²) in [7, 11) is 0. The van der Waals surface area contributed by atoms with Crippen LogP contribution in [0.5, 0.6) is 11.5 Å². The highest BCUT2D eigenvalue weighted by Crippen LogP contribution is 2.26. The van der Waals surface area contributed by atoms with Gasteiger partial charge in [0.05, 0.1) is 6.54 Å². The van der Waals surface area contributed by atoms with Crippen LogP contribution in [0, 0.1) is 27.7 Å². The molecule has 26 heavy (non-hydrogen) atoms. The highest BCUT2D eigenvalue weighted by atomic mass is 35.5. The van der Waals surface area contributed by atoms with Crippen molar-refractivity contribution in [2.75, 3.05) is 13.2 Å². The molecule has 0 heterocycles. The van der Waals surface area contributed by atoms with E-state index in [0.717, 1.165) is 33.0 Å². The molecule has 0 radical (unpaired) electrons. The lowest BCUT2D eigenvalue weighted by molar-refractivity contribution is -0.127. The third kappa shape index (κ3) is 5.67. The van der Waals surface area contributed by atoms with Crippen molar-refractivity contribution in [3.8, 4) is 11.5 Å². The maximum Gasteiger partial charge on any atom is 0.260 e. The van der Waals surface area contributed by atoms with Gasteiger partial charge in [-0.15, -0.1) is 0 Å². The monoisotopic (exact) mass is 375 g/mol. The molecule has 0 bridgehead atoms. The predicted octanol–water partition coefficient (Wildman–Crippen LogP) is 4.54. The zero-order chi connectivity index (χ0) is 19.3. The van der Waals surface area contributed by atoms with Gasteiger partial charge in [-0.3, -0.25) is 4.79 Å². The highest BCUT2D eigenvalue weighted by Gasteiger charge is 2.15. The summed E-state index contributed by atoms with van der Waals surface area (Å²) in [6, 6.07) is 9.72. The zero-order valence-electron chi connectivity index (χ0n) is 16.0. The Morgan fingerprint density at radius 2 is 1.58 bits per heavy atom. The van der Waals surface area contributed by atoms with E-state index < -0.39 is 6.10 Å². The first-order chi connectivity index (χ1) is 12.3. The summed E-state index contributed by atoms with van der Waals surface area (Å²) in [5, 5.41) is 3.55. The molecule has 2 aromatic carbocycles. The number of aryl methyl sites for hydroxylation is 4. The van der Waals surface area contributed by atoms with Gasteiger partial charge in [0.1, 0.15) is 18.1 Å². The number of nitrogens with one attached hydrogen (secondary N) is 1. The third-order valence-electron chi connectivity index (χ3n) is 3.96. The van der Waals surface area contributed by atoms with Crippen LogP contribution >= 0.6 is 11.6 Å². The average molecular weight is 376 g/mol. The van der Waals surface area contributed by atoms with Crippen molar-refractivity contribution in [1.82, 2.24) is 5.32 Å². The van der Waals surface area contributed by atoms with Crippen molar-refractivity contribution in [2.45, 2.75) is 40.7 Å². The second-order valence-electron chi connectivity index (χ2n) is 6.59. The molecule has 2 aromatic rings. The van der Waals surface area contributed by atoms with Crippen LogP contribution in [0.2, 0.25) is 5.02 Å². The average Bonchev–Trinajstić information content (AvgIpc) is 2.55. The van der Waals surface area contributed by atoms with E-state index >= 15 is 0 Å². The molecule has 140 valence electrons. The molecular formula is C21H26ClNO3. The fourth-order valence-electron chi connectivity index (χ4n) is 2.73. The second kappa shape index (κ2) is 8.95. The van der Waals surface area contributed by atoms with Gasteiger partial charge in [-0.2, -0.15) is 0 Å². The molecule has 0 fully saturated rings. The number of halogens is 1. The molecule has 1 atom stereocenters. The van der Waals surface area contributed by atoms with Gasteiger partial charge < -0.3 is 14.8 Å². The largest absolute Gasteiger partial charge is 0.492 e. The summed E-state index contributed by atoms with van der Waals surface area (Å²) in [5.74, 6) is 1.27. The molecule has 1 unspecified atom stereocenters. The molecule has 1 N–H and O–H groups in total. The molecule has 0 aliphatic heterocycles. The van der Waals surface area contributed by atoms with Crippen LogP contribution in [0.4, 0.5) is 0 Å². The lowest BCUT2D eigenvalue weighted by Crippen LogP contribution is -2.38. The smallest absolute Gasteiger partial charge is 0.260 e. The first-order valence-electron chi connectivity index (χ1n) is 8.68. The van der Waals surface area contributed by atoms with Crippen molar-refractivity contribution in [3.05, 3.63) is 57.6 Å². The minimum Gasteiger partial charge on any atom is -0.492 e. The van der Waals surface area contributed by atoms with Gasteiger partial charge in [0.25, 0.3) is 5.91 Å². The van der Waals surface area contributed by atoms with Crippen LogP contribution in [0.3, 0.4) is 0 Å². The van der Waals surface area contributed by atoms with E-state index in [4.69, 9.17) is 21.1 Å². The SMILES string of the molecule is Cc1cc(C)cc(OCCNC(=O)C(C)Oc2cc(C)c(Cl)c(C)c2)c1. The van der Waals surface area contributed by atoms with E-state index in [1.807, 2.05) is 52.0 Å². The molecule has 2 rings (SSSR count). The number of carbonyl (C=O) groups excluding carboxylic acids is 1. The normalized spacial score (nSPS) is 11.8. The Morgan fingerprint density at radius 3 is 2.15 bits per heavy atom. The highest BCUT2D eigenvalue weighted by molar-refractivity contribution is 6.32. The van der Waals surface area contributed by atoms with Gasteiger partial charge in [-0.1, -0.05) is 17.7 Å². The Hall–Kier alpha value is -2.20. The molecule has 4 nitrogen and oxygen atoms in total. The third-order valence-corrected chi connectivity index (χ3v) is 4.55. The number of ether oxygens (including phenoxy) is 2. The Morgan fingerprint density at radius 1 is 1.00 bits per heavy atom. The number of carbonyl (C=O) groups is 1. The van der Waals surface area contributed by atoms with Crippen LogP contribution in [0.15, 0.2) is 30.3 Å². The summed E-state index contributed by atoms with van der Waals surface area (Å²) in [6.07, 6.45) is -0.601. The summed E-state index contributed by atoms with van der Waals surface area (Å²) < 4.78 is 11.4. The number of benzene rings is 2. The van der Waals surface area contributed by atoms with Crippen molar-refractivity contribution < 1.29 is 14.3 Å². The first-order valence-corrected chi connectivity index (χ1v) is 9.06. The fraction of sp³-hybridized carbons (Fsp3) is 0.381. The van der Waals surface area contributed by atoms with Crippen LogP contribution in [0.25, 0.3) is 0 Å². The maximum atomic E-state index is 12.2. The van der Waals surface area contributed by atoms with Crippen molar-refractivity contribution in [1.29, 1.82) is 0 Å². The molecule has 0 spiro atoms. The number of hydrogen-bond acceptors (Lipinski definition) is 3. The van der Waals surface area contributed by atoms with Gasteiger partial charge >= 0.3 is 0 Å². The number of hydrogen-bond donors (Lipinski definition) is 1. The van der Waals surface area contributed by atoms with Gasteiger partial charge in [0.2, 0.25) is 0 Å². The first kappa shape index (κ1) is 20.1. The van der Waals surface area contributed by atoms with Crippen LogP contribution < -0.4 is 14.8 Å². The number of rotatable bonds is 7. The standard InChI is InChI=1S/C21H26ClNO3/c1-13-8-14(2)10-18(9-13)25-7-6-23-21(24)17(5)26-19-11-15(3)20(22)16(4)12-19/h8-12,17H,6-7H2,1-5H3,(H,23,24).